The molecule has 2 rings (SSSR count). The lowest BCUT2D eigenvalue weighted by atomic mass is 10.1. The summed E-state index contributed by atoms with van der Waals surface area (Å²) in [6.45, 7) is 0.742. The number of carboxylic acid groups (broad SMARTS) is 1. The second kappa shape index (κ2) is 4.23. The molecule has 1 unspecified atom stereocenters. The van der Waals surface area contributed by atoms with Crippen LogP contribution in [0.3, 0.4) is 0 Å². The van der Waals surface area contributed by atoms with Gasteiger partial charge in [0.1, 0.15) is 6.04 Å². The molecule has 0 amide bonds. The van der Waals surface area contributed by atoms with Gasteiger partial charge in [0.15, 0.2) is 0 Å². The molecular weight excluding hydrogens is 204 g/mol. The lowest BCUT2D eigenvalue weighted by Crippen LogP contribution is -2.35. The third-order valence-electron chi connectivity index (χ3n) is 2.84. The van der Waals surface area contributed by atoms with Gasteiger partial charge in [-0.05, 0) is 31.0 Å². The first-order chi connectivity index (χ1) is 7.72. The van der Waals surface area contributed by atoms with E-state index in [0.29, 0.717) is 12.0 Å². The van der Waals surface area contributed by atoms with Crippen LogP contribution >= 0.6 is 0 Å². The van der Waals surface area contributed by atoms with Crippen LogP contribution in [0.2, 0.25) is 0 Å². The van der Waals surface area contributed by atoms with E-state index in [-0.39, 0.29) is 0 Å². The van der Waals surface area contributed by atoms with Crippen molar-refractivity contribution in [1.82, 2.24) is 0 Å². The third kappa shape index (κ3) is 1.84. The summed E-state index contributed by atoms with van der Waals surface area (Å²) < 4.78 is 0. The third-order valence-corrected chi connectivity index (χ3v) is 2.84. The van der Waals surface area contributed by atoms with Crippen LogP contribution in [0.25, 0.3) is 0 Å². The Kier molecular flexibility index (Phi) is 2.78. The highest BCUT2D eigenvalue weighted by molar-refractivity contribution is 5.79. The van der Waals surface area contributed by atoms with Crippen molar-refractivity contribution in [2.45, 2.75) is 18.9 Å². The van der Waals surface area contributed by atoms with Gasteiger partial charge in [-0.1, -0.05) is 6.07 Å². The lowest BCUT2D eigenvalue weighted by molar-refractivity contribution is -0.138. The van der Waals surface area contributed by atoms with E-state index in [9.17, 15) is 4.79 Å². The fraction of sp³-hybridized carbons (Fsp3) is 0.333. The quantitative estimate of drug-likeness (QED) is 0.815. The molecule has 0 aromatic heterocycles. The molecular formula is C12H12N2O2. The predicted octanol–water partition coefficient (Wildman–Crippen LogP) is 1.61. The molecule has 0 bridgehead atoms. The summed E-state index contributed by atoms with van der Waals surface area (Å²) in [6.07, 6.45) is 1.56. The van der Waals surface area contributed by atoms with Crippen molar-refractivity contribution in [2.24, 2.45) is 0 Å². The average molecular weight is 216 g/mol. The summed E-state index contributed by atoms with van der Waals surface area (Å²) in [6, 6.07) is 8.70. The zero-order chi connectivity index (χ0) is 11.5. The molecule has 16 heavy (non-hydrogen) atoms. The SMILES string of the molecule is N#Cc1cccc(N2CCCC2C(=O)O)c1. The monoisotopic (exact) mass is 216 g/mol. The number of carbonyl (C=O) groups is 1. The fourth-order valence-electron chi connectivity index (χ4n) is 2.09. The van der Waals surface area contributed by atoms with Crippen molar-refractivity contribution >= 4 is 11.7 Å². The molecule has 1 heterocycles. The molecule has 1 fully saturated rings. The second-order valence-corrected chi connectivity index (χ2v) is 3.85. The van der Waals surface area contributed by atoms with E-state index in [2.05, 4.69) is 6.07 Å². The molecule has 1 aromatic carbocycles. The Balaban J connectivity index is 2.29. The maximum Gasteiger partial charge on any atom is 0.326 e. The Morgan fingerprint density at radius 1 is 1.56 bits per heavy atom. The van der Waals surface area contributed by atoms with E-state index in [0.717, 1.165) is 18.7 Å². The van der Waals surface area contributed by atoms with Gasteiger partial charge < -0.3 is 10.0 Å². The number of nitrogens with zero attached hydrogens (tertiary/aromatic N) is 2. The second-order valence-electron chi connectivity index (χ2n) is 3.85. The minimum atomic E-state index is -0.792. The van der Waals surface area contributed by atoms with Gasteiger partial charge in [-0.25, -0.2) is 4.79 Å². The van der Waals surface area contributed by atoms with Crippen LogP contribution in [0, 0.1) is 11.3 Å². The number of benzene rings is 1. The van der Waals surface area contributed by atoms with Gasteiger partial charge in [0.05, 0.1) is 11.6 Å². The first-order valence-corrected chi connectivity index (χ1v) is 5.22. The number of hydrogen-bond acceptors (Lipinski definition) is 3. The highest BCUT2D eigenvalue weighted by Crippen LogP contribution is 2.26. The first-order valence-electron chi connectivity index (χ1n) is 5.22. The summed E-state index contributed by atoms with van der Waals surface area (Å²) in [7, 11) is 0. The highest BCUT2D eigenvalue weighted by Gasteiger charge is 2.30. The number of rotatable bonds is 2. The molecule has 4 heteroatoms. The van der Waals surface area contributed by atoms with Crippen molar-refractivity contribution in [3.05, 3.63) is 29.8 Å². The van der Waals surface area contributed by atoms with E-state index in [1.165, 1.54) is 0 Å². The summed E-state index contributed by atoms with van der Waals surface area (Å²) in [5.41, 5.74) is 1.39. The molecule has 4 nitrogen and oxygen atoms in total. The van der Waals surface area contributed by atoms with Crippen molar-refractivity contribution < 1.29 is 9.90 Å². The van der Waals surface area contributed by atoms with Crippen LogP contribution in [0.1, 0.15) is 18.4 Å². The Morgan fingerprint density at radius 3 is 3.06 bits per heavy atom. The van der Waals surface area contributed by atoms with E-state index in [1.807, 2.05) is 11.0 Å². The van der Waals surface area contributed by atoms with Crippen LogP contribution in [-0.4, -0.2) is 23.7 Å². The van der Waals surface area contributed by atoms with E-state index in [4.69, 9.17) is 10.4 Å². The summed E-state index contributed by atoms with van der Waals surface area (Å²) >= 11 is 0. The van der Waals surface area contributed by atoms with Crippen LogP contribution in [0.5, 0.6) is 0 Å². The van der Waals surface area contributed by atoms with E-state index in [1.54, 1.807) is 18.2 Å². The largest absolute Gasteiger partial charge is 0.480 e. The maximum absolute atomic E-state index is 11.0. The molecule has 0 saturated carbocycles. The summed E-state index contributed by atoms with van der Waals surface area (Å²) in [5, 5.41) is 17.9. The molecule has 0 spiro atoms. The average Bonchev–Trinajstić information content (AvgIpc) is 2.78. The fourth-order valence-corrected chi connectivity index (χ4v) is 2.09. The highest BCUT2D eigenvalue weighted by atomic mass is 16.4. The first kappa shape index (κ1) is 10.5. The minimum Gasteiger partial charge on any atom is -0.480 e. The number of carboxylic acids is 1. The summed E-state index contributed by atoms with van der Waals surface area (Å²) in [4.78, 5) is 12.9. The Labute approximate surface area is 93.7 Å². The molecule has 1 saturated heterocycles. The molecule has 0 aliphatic carbocycles. The number of aliphatic carboxylic acids is 1. The van der Waals surface area contributed by atoms with Gasteiger partial charge in [0.25, 0.3) is 0 Å². The lowest BCUT2D eigenvalue weighted by Gasteiger charge is -2.23. The minimum absolute atomic E-state index is 0.450. The van der Waals surface area contributed by atoms with Crippen molar-refractivity contribution in [3.63, 3.8) is 0 Å². The molecule has 82 valence electrons. The molecule has 1 atom stereocenters. The van der Waals surface area contributed by atoms with Gasteiger partial charge in [-0.15, -0.1) is 0 Å². The number of hydrogen-bond donors (Lipinski definition) is 1. The Hall–Kier alpha value is -2.02. The van der Waals surface area contributed by atoms with Crippen LogP contribution in [0.4, 0.5) is 5.69 Å². The van der Waals surface area contributed by atoms with Crippen molar-refractivity contribution in [2.75, 3.05) is 11.4 Å². The zero-order valence-electron chi connectivity index (χ0n) is 8.76. The van der Waals surface area contributed by atoms with Gasteiger partial charge >= 0.3 is 5.97 Å². The van der Waals surface area contributed by atoms with Gasteiger partial charge in [0.2, 0.25) is 0 Å². The van der Waals surface area contributed by atoms with Gasteiger partial charge in [-0.2, -0.15) is 5.26 Å². The molecule has 0 radical (unpaired) electrons. The van der Waals surface area contributed by atoms with Gasteiger partial charge in [0, 0.05) is 12.2 Å². The van der Waals surface area contributed by atoms with E-state index < -0.39 is 12.0 Å². The number of anilines is 1. The van der Waals surface area contributed by atoms with E-state index >= 15 is 0 Å². The molecule has 1 aliphatic rings. The van der Waals surface area contributed by atoms with Crippen LogP contribution in [0.15, 0.2) is 24.3 Å². The van der Waals surface area contributed by atoms with Crippen LogP contribution < -0.4 is 4.90 Å². The standard InChI is InChI=1S/C12H12N2O2/c13-8-9-3-1-4-10(7-9)14-6-2-5-11(14)12(15)16/h1,3-4,7,11H,2,5-6H2,(H,15,16). The smallest absolute Gasteiger partial charge is 0.326 e. The number of nitriles is 1. The topological polar surface area (TPSA) is 64.3 Å². The maximum atomic E-state index is 11.0. The normalized spacial score (nSPS) is 19.4. The van der Waals surface area contributed by atoms with Crippen molar-refractivity contribution in [3.8, 4) is 6.07 Å². The van der Waals surface area contributed by atoms with Crippen LogP contribution in [-0.2, 0) is 4.79 Å². The predicted molar refractivity (Wildman–Crippen MR) is 59.2 cm³/mol. The molecule has 1 aliphatic heterocycles. The summed E-state index contributed by atoms with van der Waals surface area (Å²) in [5.74, 6) is -0.792. The molecule has 1 aromatic rings. The Bertz CT molecular complexity index is 451. The van der Waals surface area contributed by atoms with Gasteiger partial charge in [-0.3, -0.25) is 0 Å². The molecule has 1 N–H and O–H groups in total. The Morgan fingerprint density at radius 2 is 2.38 bits per heavy atom. The van der Waals surface area contributed by atoms with Crippen molar-refractivity contribution in [1.29, 1.82) is 5.26 Å². The zero-order valence-corrected chi connectivity index (χ0v) is 8.76.